The molecule has 0 fully saturated rings. The summed E-state index contributed by atoms with van der Waals surface area (Å²) in [5.74, 6) is 1.45. The Labute approximate surface area is 128 Å². The maximum Gasteiger partial charge on any atom is 0.234 e. The van der Waals surface area contributed by atoms with Crippen LogP contribution in [0.2, 0.25) is 0 Å². The van der Waals surface area contributed by atoms with Crippen LogP contribution in [-0.2, 0) is 4.79 Å². The van der Waals surface area contributed by atoms with Gasteiger partial charge in [-0.25, -0.2) is 0 Å². The summed E-state index contributed by atoms with van der Waals surface area (Å²) in [5, 5.41) is 2.98. The highest BCUT2D eigenvalue weighted by Crippen LogP contribution is 2.27. The van der Waals surface area contributed by atoms with Crippen LogP contribution in [0.15, 0.2) is 64.4 Å². The second-order valence-electron chi connectivity index (χ2n) is 4.08. The number of anilines is 1. The fourth-order valence-corrected chi connectivity index (χ4v) is 3.18. The Morgan fingerprint density at radius 1 is 1.00 bits per heavy atom. The Hall–Kier alpha value is -1.39. The third-order valence-electron chi connectivity index (χ3n) is 2.57. The van der Waals surface area contributed by atoms with E-state index in [1.807, 2.05) is 54.6 Å². The Morgan fingerprint density at radius 2 is 1.70 bits per heavy atom. The number of nitrogens with one attached hydrogen (secondary N) is 1. The van der Waals surface area contributed by atoms with Crippen LogP contribution < -0.4 is 5.32 Å². The van der Waals surface area contributed by atoms with E-state index >= 15 is 0 Å². The minimum absolute atomic E-state index is 0.0306. The molecule has 0 spiro atoms. The van der Waals surface area contributed by atoms with Gasteiger partial charge >= 0.3 is 0 Å². The van der Waals surface area contributed by atoms with Gasteiger partial charge in [0, 0.05) is 9.79 Å². The second-order valence-corrected chi connectivity index (χ2v) is 6.43. The minimum atomic E-state index is 0.0306. The zero-order chi connectivity index (χ0) is 14.2. The van der Waals surface area contributed by atoms with Crippen LogP contribution in [0.25, 0.3) is 0 Å². The summed E-state index contributed by atoms with van der Waals surface area (Å²) in [6, 6.07) is 17.9. The SMILES string of the molecule is CCSc1ccccc1NC(=O)CSc1ccccc1. The average Bonchev–Trinajstić information content (AvgIpc) is 2.49. The molecule has 1 amide bonds. The van der Waals surface area contributed by atoms with Crippen LogP contribution in [0, 0.1) is 0 Å². The molecule has 0 atom stereocenters. The van der Waals surface area contributed by atoms with Crippen LogP contribution in [-0.4, -0.2) is 17.4 Å². The lowest BCUT2D eigenvalue weighted by molar-refractivity contribution is -0.113. The van der Waals surface area contributed by atoms with E-state index in [4.69, 9.17) is 0 Å². The summed E-state index contributed by atoms with van der Waals surface area (Å²) in [5.41, 5.74) is 0.901. The lowest BCUT2D eigenvalue weighted by atomic mass is 10.3. The smallest absolute Gasteiger partial charge is 0.234 e. The third-order valence-corrected chi connectivity index (χ3v) is 4.54. The number of carbonyl (C=O) groups is 1. The number of thioether (sulfide) groups is 2. The summed E-state index contributed by atoms with van der Waals surface area (Å²) in [4.78, 5) is 14.2. The van der Waals surface area contributed by atoms with Crippen molar-refractivity contribution in [3.8, 4) is 0 Å². The molecule has 0 unspecified atom stereocenters. The van der Waals surface area contributed by atoms with Gasteiger partial charge in [0.25, 0.3) is 0 Å². The van der Waals surface area contributed by atoms with Crippen molar-refractivity contribution < 1.29 is 4.79 Å². The van der Waals surface area contributed by atoms with E-state index in [0.29, 0.717) is 5.75 Å². The quantitative estimate of drug-likeness (QED) is 0.795. The number of benzene rings is 2. The van der Waals surface area contributed by atoms with Crippen LogP contribution in [0.1, 0.15) is 6.92 Å². The van der Waals surface area contributed by atoms with Gasteiger partial charge in [0.05, 0.1) is 11.4 Å². The maximum atomic E-state index is 12.0. The third kappa shape index (κ3) is 4.62. The Morgan fingerprint density at radius 3 is 2.45 bits per heavy atom. The van der Waals surface area contributed by atoms with Crippen molar-refractivity contribution in [2.75, 3.05) is 16.8 Å². The van der Waals surface area contributed by atoms with E-state index in [1.165, 1.54) is 0 Å². The fraction of sp³-hybridized carbons (Fsp3) is 0.188. The molecule has 0 saturated heterocycles. The molecule has 2 nitrogen and oxygen atoms in total. The Balaban J connectivity index is 1.91. The Kier molecular flexibility index (Phi) is 6.02. The normalized spacial score (nSPS) is 10.2. The summed E-state index contributed by atoms with van der Waals surface area (Å²) >= 11 is 3.28. The molecule has 104 valence electrons. The van der Waals surface area contributed by atoms with E-state index in [1.54, 1.807) is 23.5 Å². The monoisotopic (exact) mass is 303 g/mol. The molecule has 0 saturated carbocycles. The lowest BCUT2D eigenvalue weighted by Crippen LogP contribution is -2.14. The zero-order valence-electron chi connectivity index (χ0n) is 11.3. The predicted molar refractivity (Wildman–Crippen MR) is 88.6 cm³/mol. The van der Waals surface area contributed by atoms with Crippen LogP contribution >= 0.6 is 23.5 Å². The first-order chi connectivity index (χ1) is 9.79. The minimum Gasteiger partial charge on any atom is -0.324 e. The second kappa shape index (κ2) is 8.02. The maximum absolute atomic E-state index is 12.0. The van der Waals surface area contributed by atoms with Crippen molar-refractivity contribution in [1.82, 2.24) is 0 Å². The van der Waals surface area contributed by atoms with Crippen LogP contribution in [0.3, 0.4) is 0 Å². The van der Waals surface area contributed by atoms with E-state index < -0.39 is 0 Å². The standard InChI is InChI=1S/C16H17NOS2/c1-2-19-15-11-7-6-10-14(15)17-16(18)12-20-13-8-4-3-5-9-13/h3-11H,2,12H2,1H3,(H,17,18). The molecular formula is C16H17NOS2. The predicted octanol–water partition coefficient (Wildman–Crippen LogP) is 4.53. The first-order valence-corrected chi connectivity index (χ1v) is 8.46. The summed E-state index contributed by atoms with van der Waals surface area (Å²) in [7, 11) is 0. The number of rotatable bonds is 6. The van der Waals surface area contributed by atoms with Gasteiger partial charge in [-0.1, -0.05) is 37.3 Å². The zero-order valence-corrected chi connectivity index (χ0v) is 13.0. The highest BCUT2D eigenvalue weighted by atomic mass is 32.2. The molecule has 2 aromatic rings. The molecule has 0 aliphatic heterocycles. The van der Waals surface area contributed by atoms with Crippen molar-refractivity contribution in [3.05, 3.63) is 54.6 Å². The van der Waals surface area contributed by atoms with Crippen molar-refractivity contribution in [2.45, 2.75) is 16.7 Å². The molecule has 2 aromatic carbocycles. The molecule has 0 bridgehead atoms. The van der Waals surface area contributed by atoms with E-state index in [0.717, 1.165) is 21.2 Å². The highest BCUT2D eigenvalue weighted by Gasteiger charge is 2.07. The number of hydrogen-bond acceptors (Lipinski definition) is 3. The van der Waals surface area contributed by atoms with Gasteiger partial charge in [-0.2, -0.15) is 0 Å². The summed E-state index contributed by atoms with van der Waals surface area (Å²) < 4.78 is 0. The van der Waals surface area contributed by atoms with Gasteiger partial charge in [0.1, 0.15) is 0 Å². The van der Waals surface area contributed by atoms with Gasteiger partial charge in [0.2, 0.25) is 5.91 Å². The van der Waals surface area contributed by atoms with Crippen molar-refractivity contribution in [3.63, 3.8) is 0 Å². The number of hydrogen-bond donors (Lipinski definition) is 1. The Bertz CT molecular complexity index is 557. The fourth-order valence-electron chi connectivity index (χ4n) is 1.70. The van der Waals surface area contributed by atoms with Gasteiger partial charge in [-0.3, -0.25) is 4.79 Å². The average molecular weight is 303 g/mol. The molecular weight excluding hydrogens is 286 g/mol. The van der Waals surface area contributed by atoms with Crippen LogP contribution in [0.4, 0.5) is 5.69 Å². The summed E-state index contributed by atoms with van der Waals surface area (Å²) in [6.07, 6.45) is 0. The van der Waals surface area contributed by atoms with E-state index in [-0.39, 0.29) is 5.91 Å². The van der Waals surface area contributed by atoms with E-state index in [9.17, 15) is 4.79 Å². The highest BCUT2D eigenvalue weighted by molar-refractivity contribution is 8.00. The van der Waals surface area contributed by atoms with Gasteiger partial charge in [0.15, 0.2) is 0 Å². The van der Waals surface area contributed by atoms with Gasteiger partial charge < -0.3 is 5.32 Å². The number of para-hydroxylation sites is 1. The molecule has 4 heteroatoms. The van der Waals surface area contributed by atoms with Crippen molar-refractivity contribution in [1.29, 1.82) is 0 Å². The van der Waals surface area contributed by atoms with Gasteiger partial charge in [-0.05, 0) is 30.0 Å². The summed E-state index contributed by atoms with van der Waals surface area (Å²) in [6.45, 7) is 2.11. The van der Waals surface area contributed by atoms with E-state index in [2.05, 4.69) is 12.2 Å². The molecule has 0 radical (unpaired) electrons. The van der Waals surface area contributed by atoms with Crippen molar-refractivity contribution in [2.24, 2.45) is 0 Å². The molecule has 0 aromatic heterocycles. The first-order valence-electron chi connectivity index (χ1n) is 6.49. The largest absolute Gasteiger partial charge is 0.324 e. The lowest BCUT2D eigenvalue weighted by Gasteiger charge is -2.09. The number of carbonyl (C=O) groups excluding carboxylic acids is 1. The molecule has 0 heterocycles. The van der Waals surface area contributed by atoms with Crippen LogP contribution in [0.5, 0.6) is 0 Å². The topological polar surface area (TPSA) is 29.1 Å². The van der Waals surface area contributed by atoms with Gasteiger partial charge in [-0.15, -0.1) is 23.5 Å². The molecule has 0 aliphatic carbocycles. The molecule has 0 aliphatic rings. The van der Waals surface area contributed by atoms with Crippen molar-refractivity contribution >= 4 is 35.1 Å². The number of amides is 1. The first kappa shape index (κ1) is 15.0. The molecule has 20 heavy (non-hydrogen) atoms. The molecule has 1 N–H and O–H groups in total. The molecule has 2 rings (SSSR count).